The van der Waals surface area contributed by atoms with E-state index in [0.29, 0.717) is 0 Å². The Kier molecular flexibility index (Phi) is 1.23. The zero-order chi connectivity index (χ0) is 6.10. The van der Waals surface area contributed by atoms with Gasteiger partial charge in [0.2, 0.25) is 0 Å². The first-order valence-electron chi connectivity index (χ1n) is 3.10. The van der Waals surface area contributed by atoms with Crippen molar-refractivity contribution in [3.05, 3.63) is 12.5 Å². The smallest absolute Gasteiger partial charge is 0.0928 e. The normalized spacial score (nSPS) is 18.2. The van der Waals surface area contributed by atoms with Crippen LogP contribution in [-0.4, -0.2) is 15.2 Å². The number of H-pyrrole nitrogens is 1. The highest BCUT2D eigenvalue weighted by atomic mass is 32.2. The maximum absolute atomic E-state index is 3.93. The van der Waals surface area contributed by atoms with Crippen molar-refractivity contribution in [1.29, 1.82) is 0 Å². The first-order valence-corrected chi connectivity index (χ1v) is 3.98. The lowest BCUT2D eigenvalue weighted by Gasteiger charge is -1.88. The van der Waals surface area contributed by atoms with Crippen LogP contribution in [0.25, 0.3) is 0 Å². The van der Waals surface area contributed by atoms with E-state index in [1.165, 1.54) is 17.9 Å². The van der Waals surface area contributed by atoms with E-state index >= 15 is 0 Å². The molecular weight excluding hydrogens is 132 g/mol. The second-order valence-electron chi connectivity index (χ2n) is 2.23. The minimum atomic E-state index is 0.880. The second-order valence-corrected chi connectivity index (χ2v) is 3.58. The Morgan fingerprint density at radius 2 is 2.56 bits per heavy atom. The highest BCUT2D eigenvalue weighted by Gasteiger charge is 2.22. The summed E-state index contributed by atoms with van der Waals surface area (Å²) in [4.78, 5) is 6.99. The molecule has 0 bridgehead atoms. The molecule has 1 aliphatic carbocycles. The zero-order valence-electron chi connectivity index (χ0n) is 5.00. The summed E-state index contributed by atoms with van der Waals surface area (Å²) in [6, 6.07) is 0. The molecule has 0 unspecified atom stereocenters. The minimum absolute atomic E-state index is 0.880. The fourth-order valence-corrected chi connectivity index (χ4v) is 1.65. The van der Waals surface area contributed by atoms with Gasteiger partial charge in [-0.05, 0) is 12.8 Å². The molecule has 1 aromatic heterocycles. The molecule has 1 fully saturated rings. The SMILES string of the molecule is c1ncc(SC2CC2)[nH]1. The van der Waals surface area contributed by atoms with Gasteiger partial charge in [-0.3, -0.25) is 0 Å². The summed E-state index contributed by atoms with van der Waals surface area (Å²) >= 11 is 1.90. The quantitative estimate of drug-likeness (QED) is 0.676. The van der Waals surface area contributed by atoms with Crippen LogP contribution in [0.15, 0.2) is 17.6 Å². The molecule has 3 heteroatoms. The van der Waals surface area contributed by atoms with Crippen molar-refractivity contribution in [2.24, 2.45) is 0 Å². The molecule has 1 N–H and O–H groups in total. The van der Waals surface area contributed by atoms with Crippen molar-refractivity contribution in [2.45, 2.75) is 23.1 Å². The third-order valence-corrected chi connectivity index (χ3v) is 2.57. The molecule has 1 aromatic rings. The van der Waals surface area contributed by atoms with E-state index in [9.17, 15) is 0 Å². The standard InChI is InChI=1S/C6H8N2S/c1-2-5(1)9-6-3-7-4-8-6/h3-5H,1-2H2,(H,7,8). The molecule has 9 heavy (non-hydrogen) atoms. The number of imidazole rings is 1. The maximum Gasteiger partial charge on any atom is 0.0928 e. The van der Waals surface area contributed by atoms with E-state index in [1.807, 2.05) is 18.0 Å². The summed E-state index contributed by atoms with van der Waals surface area (Å²) < 4.78 is 0. The summed E-state index contributed by atoms with van der Waals surface area (Å²) in [5.74, 6) is 0. The number of hydrogen-bond acceptors (Lipinski definition) is 2. The largest absolute Gasteiger partial charge is 0.340 e. The third-order valence-electron chi connectivity index (χ3n) is 1.29. The van der Waals surface area contributed by atoms with Crippen molar-refractivity contribution in [2.75, 3.05) is 0 Å². The molecule has 2 nitrogen and oxygen atoms in total. The first kappa shape index (κ1) is 5.35. The third kappa shape index (κ3) is 1.27. The monoisotopic (exact) mass is 140 g/mol. The van der Waals surface area contributed by atoms with Crippen LogP contribution < -0.4 is 0 Å². The van der Waals surface area contributed by atoms with Crippen molar-refractivity contribution < 1.29 is 0 Å². The van der Waals surface area contributed by atoms with Gasteiger partial charge in [0.1, 0.15) is 0 Å². The van der Waals surface area contributed by atoms with Gasteiger partial charge in [0.25, 0.3) is 0 Å². The maximum atomic E-state index is 3.93. The summed E-state index contributed by atoms with van der Waals surface area (Å²) in [5, 5.41) is 2.09. The fraction of sp³-hybridized carbons (Fsp3) is 0.500. The van der Waals surface area contributed by atoms with Crippen LogP contribution in [0.4, 0.5) is 0 Å². The highest BCUT2D eigenvalue weighted by Crippen LogP contribution is 2.37. The highest BCUT2D eigenvalue weighted by molar-refractivity contribution is 8.00. The Hall–Kier alpha value is -0.440. The van der Waals surface area contributed by atoms with E-state index in [-0.39, 0.29) is 0 Å². The average molecular weight is 140 g/mol. The van der Waals surface area contributed by atoms with Gasteiger partial charge in [-0.2, -0.15) is 0 Å². The Balaban J connectivity index is 1.99. The molecule has 1 aliphatic rings. The van der Waals surface area contributed by atoms with Crippen LogP contribution in [-0.2, 0) is 0 Å². The first-order chi connectivity index (χ1) is 4.45. The molecule has 0 radical (unpaired) electrons. The van der Waals surface area contributed by atoms with Crippen LogP contribution in [0, 0.1) is 0 Å². The summed E-state index contributed by atoms with van der Waals surface area (Å²) in [6.45, 7) is 0. The average Bonchev–Trinajstić information content (AvgIpc) is 2.46. The molecule has 0 amide bonds. The fourth-order valence-electron chi connectivity index (χ4n) is 0.673. The van der Waals surface area contributed by atoms with Crippen molar-refractivity contribution in [3.63, 3.8) is 0 Å². The van der Waals surface area contributed by atoms with Gasteiger partial charge < -0.3 is 4.98 Å². The van der Waals surface area contributed by atoms with Crippen molar-refractivity contribution in [3.8, 4) is 0 Å². The van der Waals surface area contributed by atoms with Crippen LogP contribution in [0.2, 0.25) is 0 Å². The van der Waals surface area contributed by atoms with Crippen LogP contribution >= 0.6 is 11.8 Å². The lowest BCUT2D eigenvalue weighted by atomic mass is 10.9. The second kappa shape index (κ2) is 2.06. The lowest BCUT2D eigenvalue weighted by molar-refractivity contribution is 1.20. The Bertz CT molecular complexity index is 179. The number of rotatable bonds is 2. The summed E-state index contributed by atoms with van der Waals surface area (Å²) in [7, 11) is 0. The number of thioether (sulfide) groups is 1. The zero-order valence-corrected chi connectivity index (χ0v) is 5.82. The predicted octanol–water partition coefficient (Wildman–Crippen LogP) is 1.66. The topological polar surface area (TPSA) is 28.7 Å². The van der Waals surface area contributed by atoms with Gasteiger partial charge in [0.05, 0.1) is 17.6 Å². The van der Waals surface area contributed by atoms with Gasteiger partial charge in [0.15, 0.2) is 0 Å². The number of nitrogens with one attached hydrogen (secondary N) is 1. The molecule has 0 saturated heterocycles. The minimum Gasteiger partial charge on any atom is -0.340 e. The van der Waals surface area contributed by atoms with Gasteiger partial charge in [-0.1, -0.05) is 0 Å². The number of aromatic nitrogens is 2. The van der Waals surface area contributed by atoms with Crippen LogP contribution in [0.5, 0.6) is 0 Å². The molecule has 0 aromatic carbocycles. The molecule has 48 valence electrons. The van der Waals surface area contributed by atoms with E-state index in [0.717, 1.165) is 5.25 Å². The van der Waals surface area contributed by atoms with E-state index in [2.05, 4.69) is 9.97 Å². The Morgan fingerprint density at radius 3 is 3.11 bits per heavy atom. The molecule has 0 atom stereocenters. The molecule has 0 aliphatic heterocycles. The Morgan fingerprint density at radius 1 is 1.67 bits per heavy atom. The Labute approximate surface area is 58.1 Å². The van der Waals surface area contributed by atoms with Crippen LogP contribution in [0.3, 0.4) is 0 Å². The van der Waals surface area contributed by atoms with Crippen molar-refractivity contribution in [1.82, 2.24) is 9.97 Å². The van der Waals surface area contributed by atoms with Gasteiger partial charge in [-0.25, -0.2) is 4.98 Å². The van der Waals surface area contributed by atoms with Gasteiger partial charge >= 0.3 is 0 Å². The van der Waals surface area contributed by atoms with E-state index in [1.54, 1.807) is 6.33 Å². The van der Waals surface area contributed by atoms with Gasteiger partial charge in [-0.15, -0.1) is 11.8 Å². The molecule has 1 heterocycles. The number of hydrogen-bond donors (Lipinski definition) is 1. The van der Waals surface area contributed by atoms with E-state index < -0.39 is 0 Å². The molecular formula is C6H8N2S. The number of aromatic amines is 1. The lowest BCUT2D eigenvalue weighted by Crippen LogP contribution is -1.71. The molecule has 0 spiro atoms. The summed E-state index contributed by atoms with van der Waals surface area (Å²) in [6.07, 6.45) is 6.36. The van der Waals surface area contributed by atoms with E-state index in [4.69, 9.17) is 0 Å². The number of nitrogens with zero attached hydrogens (tertiary/aromatic N) is 1. The molecule has 2 rings (SSSR count). The van der Waals surface area contributed by atoms with Gasteiger partial charge in [0, 0.05) is 5.25 Å². The molecule has 1 saturated carbocycles. The predicted molar refractivity (Wildman–Crippen MR) is 37.5 cm³/mol. The summed E-state index contributed by atoms with van der Waals surface area (Å²) in [5.41, 5.74) is 0. The van der Waals surface area contributed by atoms with Crippen molar-refractivity contribution >= 4 is 11.8 Å². The van der Waals surface area contributed by atoms with Crippen LogP contribution in [0.1, 0.15) is 12.8 Å².